The van der Waals surface area contributed by atoms with E-state index in [1.54, 1.807) is 0 Å². The quantitative estimate of drug-likeness (QED) is 0.585. The molecule has 1 aliphatic rings. The van der Waals surface area contributed by atoms with Gasteiger partial charge in [0.25, 0.3) is 0 Å². The standard InChI is InChI=1S/C10H17ClF3NO/c11-7-9(3-1-2-4-9)8-15-5-6-16-10(12,13)14/h15H,1-8H2. The maximum Gasteiger partial charge on any atom is 0.522 e. The molecule has 1 rings (SSSR count). The van der Waals surface area contributed by atoms with Crippen LogP contribution in [0.5, 0.6) is 0 Å². The molecular formula is C10H17ClF3NO. The fraction of sp³-hybridized carbons (Fsp3) is 1.00. The van der Waals surface area contributed by atoms with Crippen molar-refractivity contribution in [2.45, 2.75) is 32.0 Å². The lowest BCUT2D eigenvalue weighted by Crippen LogP contribution is -2.35. The maximum atomic E-state index is 11.7. The van der Waals surface area contributed by atoms with Gasteiger partial charge >= 0.3 is 6.36 Å². The number of ether oxygens (including phenoxy) is 1. The zero-order valence-corrected chi connectivity index (χ0v) is 9.83. The third-order valence-corrected chi connectivity index (χ3v) is 3.56. The van der Waals surface area contributed by atoms with Crippen LogP contribution in [0.2, 0.25) is 0 Å². The number of alkyl halides is 4. The van der Waals surface area contributed by atoms with Gasteiger partial charge in [-0.05, 0) is 18.3 Å². The Morgan fingerprint density at radius 3 is 2.38 bits per heavy atom. The van der Waals surface area contributed by atoms with E-state index in [4.69, 9.17) is 11.6 Å². The number of halogens is 4. The topological polar surface area (TPSA) is 21.3 Å². The second-order valence-corrected chi connectivity index (χ2v) is 4.58. The molecule has 0 spiro atoms. The lowest BCUT2D eigenvalue weighted by Gasteiger charge is -2.26. The minimum absolute atomic E-state index is 0.0831. The minimum Gasteiger partial charge on any atom is -0.314 e. The van der Waals surface area contributed by atoms with Gasteiger partial charge < -0.3 is 5.32 Å². The van der Waals surface area contributed by atoms with Gasteiger partial charge in [-0.3, -0.25) is 4.74 Å². The summed E-state index contributed by atoms with van der Waals surface area (Å²) in [6.45, 7) is 0.539. The Bertz CT molecular complexity index is 205. The van der Waals surface area contributed by atoms with Crippen LogP contribution in [0.15, 0.2) is 0 Å². The zero-order valence-electron chi connectivity index (χ0n) is 9.08. The summed E-state index contributed by atoms with van der Waals surface area (Å²) in [7, 11) is 0. The first-order chi connectivity index (χ1) is 7.47. The summed E-state index contributed by atoms with van der Waals surface area (Å²) in [6.07, 6.45) is -0.0899. The number of rotatable bonds is 6. The van der Waals surface area contributed by atoms with Crippen LogP contribution in [0.4, 0.5) is 13.2 Å². The molecule has 96 valence electrons. The van der Waals surface area contributed by atoms with Crippen molar-refractivity contribution < 1.29 is 17.9 Å². The SMILES string of the molecule is FC(F)(F)OCCNCC1(CCl)CCCC1. The van der Waals surface area contributed by atoms with E-state index in [2.05, 4.69) is 10.1 Å². The molecule has 0 unspecified atom stereocenters. The van der Waals surface area contributed by atoms with Gasteiger partial charge in [-0.25, -0.2) is 0 Å². The highest BCUT2D eigenvalue weighted by Gasteiger charge is 2.32. The predicted molar refractivity (Wildman–Crippen MR) is 56.5 cm³/mol. The molecule has 1 aliphatic carbocycles. The summed E-state index contributed by atoms with van der Waals surface area (Å²) < 4.78 is 38.6. The van der Waals surface area contributed by atoms with E-state index in [1.807, 2.05) is 0 Å². The molecule has 0 aromatic heterocycles. The molecule has 2 nitrogen and oxygen atoms in total. The molecular weight excluding hydrogens is 243 g/mol. The molecule has 0 amide bonds. The summed E-state index contributed by atoms with van der Waals surface area (Å²) >= 11 is 5.90. The van der Waals surface area contributed by atoms with Crippen molar-refractivity contribution in [2.24, 2.45) is 5.41 Å². The number of hydrogen-bond donors (Lipinski definition) is 1. The van der Waals surface area contributed by atoms with E-state index in [0.717, 1.165) is 25.7 Å². The van der Waals surface area contributed by atoms with E-state index in [-0.39, 0.29) is 18.6 Å². The first kappa shape index (κ1) is 14.1. The predicted octanol–water partition coefficient (Wildman–Crippen LogP) is 2.91. The van der Waals surface area contributed by atoms with Crippen molar-refractivity contribution in [3.8, 4) is 0 Å². The highest BCUT2D eigenvalue weighted by Crippen LogP contribution is 2.38. The van der Waals surface area contributed by atoms with Gasteiger partial charge in [0.15, 0.2) is 0 Å². The van der Waals surface area contributed by atoms with Gasteiger partial charge in [0.2, 0.25) is 0 Å². The molecule has 0 atom stereocenters. The van der Waals surface area contributed by atoms with Gasteiger partial charge in [0, 0.05) is 19.0 Å². The molecule has 1 fully saturated rings. The third-order valence-electron chi connectivity index (χ3n) is 2.99. The summed E-state index contributed by atoms with van der Waals surface area (Å²) in [5.74, 6) is 0.570. The normalized spacial score (nSPS) is 20.2. The molecule has 6 heteroatoms. The molecule has 0 heterocycles. The molecule has 16 heavy (non-hydrogen) atoms. The van der Waals surface area contributed by atoms with Crippen molar-refractivity contribution in [1.29, 1.82) is 0 Å². The molecule has 0 radical (unpaired) electrons. The number of nitrogens with one attached hydrogen (secondary N) is 1. The van der Waals surface area contributed by atoms with E-state index in [1.165, 1.54) is 0 Å². The van der Waals surface area contributed by atoms with Crippen molar-refractivity contribution in [2.75, 3.05) is 25.6 Å². The van der Waals surface area contributed by atoms with Crippen molar-refractivity contribution >= 4 is 11.6 Å². The van der Waals surface area contributed by atoms with Crippen LogP contribution in [0, 0.1) is 5.41 Å². The van der Waals surface area contributed by atoms with Crippen LogP contribution in [-0.4, -0.2) is 31.9 Å². The Kier molecular flexibility index (Phi) is 5.34. The molecule has 1 N–H and O–H groups in total. The largest absolute Gasteiger partial charge is 0.522 e. The van der Waals surface area contributed by atoms with E-state index < -0.39 is 6.36 Å². The summed E-state index contributed by atoms with van der Waals surface area (Å²) in [5.41, 5.74) is 0.0831. The first-order valence-electron chi connectivity index (χ1n) is 5.45. The highest BCUT2D eigenvalue weighted by molar-refractivity contribution is 6.18. The molecule has 0 aromatic rings. The average Bonchev–Trinajstić information content (AvgIpc) is 2.65. The monoisotopic (exact) mass is 259 g/mol. The molecule has 1 saturated carbocycles. The second-order valence-electron chi connectivity index (χ2n) is 4.31. The Morgan fingerprint density at radius 1 is 1.25 bits per heavy atom. The molecule has 0 saturated heterocycles. The minimum atomic E-state index is -4.53. The van der Waals surface area contributed by atoms with Gasteiger partial charge in [-0.15, -0.1) is 24.8 Å². The maximum absolute atomic E-state index is 11.7. The Morgan fingerprint density at radius 2 is 1.88 bits per heavy atom. The van der Waals surface area contributed by atoms with Crippen LogP contribution in [0.25, 0.3) is 0 Å². The average molecular weight is 260 g/mol. The lowest BCUT2D eigenvalue weighted by atomic mass is 9.88. The van der Waals surface area contributed by atoms with Crippen LogP contribution in [0.1, 0.15) is 25.7 Å². The fourth-order valence-electron chi connectivity index (χ4n) is 2.08. The van der Waals surface area contributed by atoms with Crippen LogP contribution >= 0.6 is 11.6 Å². The second kappa shape index (κ2) is 6.07. The lowest BCUT2D eigenvalue weighted by molar-refractivity contribution is -0.323. The Hall–Kier alpha value is 0. The van der Waals surface area contributed by atoms with E-state index >= 15 is 0 Å². The third kappa shape index (κ3) is 4.89. The Balaban J connectivity index is 2.10. The fourth-order valence-corrected chi connectivity index (χ4v) is 2.44. The van der Waals surface area contributed by atoms with Crippen LogP contribution in [-0.2, 0) is 4.74 Å². The molecule has 0 bridgehead atoms. The van der Waals surface area contributed by atoms with E-state index in [0.29, 0.717) is 12.4 Å². The van der Waals surface area contributed by atoms with Crippen molar-refractivity contribution in [3.63, 3.8) is 0 Å². The van der Waals surface area contributed by atoms with Gasteiger partial charge in [0.05, 0.1) is 6.61 Å². The van der Waals surface area contributed by atoms with Gasteiger partial charge in [-0.2, -0.15) is 0 Å². The molecule has 0 aliphatic heterocycles. The zero-order chi connectivity index (χ0) is 12.1. The van der Waals surface area contributed by atoms with E-state index in [9.17, 15) is 13.2 Å². The smallest absolute Gasteiger partial charge is 0.314 e. The van der Waals surface area contributed by atoms with Gasteiger partial charge in [-0.1, -0.05) is 12.8 Å². The summed E-state index contributed by atoms with van der Waals surface area (Å²) in [4.78, 5) is 0. The first-order valence-corrected chi connectivity index (χ1v) is 5.98. The van der Waals surface area contributed by atoms with Crippen molar-refractivity contribution in [1.82, 2.24) is 5.32 Å². The Labute approximate surface area is 98.5 Å². The number of hydrogen-bond acceptors (Lipinski definition) is 2. The summed E-state index contributed by atoms with van der Waals surface area (Å²) in [5, 5.41) is 2.98. The van der Waals surface area contributed by atoms with Gasteiger partial charge in [0.1, 0.15) is 0 Å². The van der Waals surface area contributed by atoms with Crippen LogP contribution < -0.4 is 5.32 Å². The summed E-state index contributed by atoms with van der Waals surface area (Å²) in [6, 6.07) is 0. The molecule has 0 aromatic carbocycles. The van der Waals surface area contributed by atoms with Crippen LogP contribution in [0.3, 0.4) is 0 Å². The highest BCUT2D eigenvalue weighted by atomic mass is 35.5. The van der Waals surface area contributed by atoms with Crippen molar-refractivity contribution in [3.05, 3.63) is 0 Å².